The van der Waals surface area contributed by atoms with E-state index in [9.17, 15) is 0 Å². The van der Waals surface area contributed by atoms with E-state index in [1.54, 1.807) is 5.82 Å². The fraction of sp³-hybridized carbons (Fsp3) is 0.925. The average molecular weight is 588 g/mol. The van der Waals surface area contributed by atoms with Gasteiger partial charge in [-0.15, -0.1) is 0 Å². The summed E-state index contributed by atoms with van der Waals surface area (Å²) in [6.45, 7) is 10.5. The molecule has 0 amide bonds. The minimum absolute atomic E-state index is 0.568. The van der Waals surface area contributed by atoms with Crippen molar-refractivity contribution in [2.45, 2.75) is 239 Å². The molecule has 1 aromatic heterocycles. The van der Waals surface area contributed by atoms with Crippen LogP contribution in [0.25, 0.3) is 0 Å². The SMILES string of the molecule is CCCCCCCCCCCCCCCCCCc1n(C(C)C)cc[n+]1CCCCCCCCCCCCCCCC. The van der Waals surface area contributed by atoms with Crippen LogP contribution in [-0.4, -0.2) is 4.57 Å². The van der Waals surface area contributed by atoms with E-state index in [1.165, 1.54) is 206 Å². The van der Waals surface area contributed by atoms with Gasteiger partial charge >= 0.3 is 0 Å². The molecule has 42 heavy (non-hydrogen) atoms. The van der Waals surface area contributed by atoms with Gasteiger partial charge in [0.25, 0.3) is 5.82 Å². The molecule has 0 spiro atoms. The molecule has 0 unspecified atom stereocenters. The van der Waals surface area contributed by atoms with E-state index < -0.39 is 0 Å². The minimum atomic E-state index is 0.568. The lowest BCUT2D eigenvalue weighted by molar-refractivity contribution is -0.704. The Morgan fingerprint density at radius 1 is 0.452 bits per heavy atom. The molecule has 0 aromatic carbocycles. The quantitative estimate of drug-likeness (QED) is 0.0571. The van der Waals surface area contributed by atoms with E-state index in [-0.39, 0.29) is 0 Å². The maximum atomic E-state index is 2.59. The van der Waals surface area contributed by atoms with Crippen LogP contribution in [-0.2, 0) is 13.0 Å². The van der Waals surface area contributed by atoms with Crippen LogP contribution in [0.2, 0.25) is 0 Å². The molecular formula is C40H79N2+. The van der Waals surface area contributed by atoms with E-state index in [2.05, 4.69) is 49.2 Å². The smallest absolute Gasteiger partial charge is 0.234 e. The lowest BCUT2D eigenvalue weighted by Crippen LogP contribution is -2.37. The molecule has 248 valence electrons. The zero-order valence-electron chi connectivity index (χ0n) is 29.8. The zero-order chi connectivity index (χ0) is 30.4. The van der Waals surface area contributed by atoms with Crippen molar-refractivity contribution in [3.05, 3.63) is 18.2 Å². The van der Waals surface area contributed by atoms with Crippen LogP contribution < -0.4 is 4.57 Å². The zero-order valence-corrected chi connectivity index (χ0v) is 29.8. The van der Waals surface area contributed by atoms with Crippen molar-refractivity contribution in [1.29, 1.82) is 0 Å². The third kappa shape index (κ3) is 22.7. The summed E-state index contributed by atoms with van der Waals surface area (Å²) in [5.41, 5.74) is 0. The van der Waals surface area contributed by atoms with Gasteiger partial charge in [-0.2, -0.15) is 0 Å². The first-order valence-electron chi connectivity index (χ1n) is 19.8. The van der Waals surface area contributed by atoms with E-state index in [1.807, 2.05) is 0 Å². The largest absolute Gasteiger partial charge is 0.256 e. The number of aromatic nitrogens is 2. The summed E-state index contributed by atoms with van der Waals surface area (Å²) in [6, 6.07) is 0.568. The van der Waals surface area contributed by atoms with Crippen molar-refractivity contribution in [3.8, 4) is 0 Å². The summed E-state index contributed by atoms with van der Waals surface area (Å²) in [5.74, 6) is 1.57. The number of unbranched alkanes of at least 4 members (excludes halogenated alkanes) is 28. The molecule has 0 aliphatic heterocycles. The molecule has 0 aliphatic carbocycles. The summed E-state index contributed by atoms with van der Waals surface area (Å²) in [4.78, 5) is 0. The van der Waals surface area contributed by atoms with Gasteiger partial charge in [0, 0.05) is 6.42 Å². The third-order valence-electron chi connectivity index (χ3n) is 9.60. The van der Waals surface area contributed by atoms with Gasteiger partial charge in [0.05, 0.1) is 12.6 Å². The van der Waals surface area contributed by atoms with E-state index in [4.69, 9.17) is 0 Å². The third-order valence-corrected chi connectivity index (χ3v) is 9.60. The first-order valence-corrected chi connectivity index (χ1v) is 19.8. The molecule has 0 atom stereocenters. The molecule has 1 heterocycles. The highest BCUT2D eigenvalue weighted by atomic mass is 15.2. The molecule has 2 nitrogen and oxygen atoms in total. The second kappa shape index (κ2) is 30.2. The molecular weight excluding hydrogens is 508 g/mol. The van der Waals surface area contributed by atoms with Crippen LogP contribution in [0, 0.1) is 0 Å². The highest BCUT2D eigenvalue weighted by Gasteiger charge is 2.18. The van der Waals surface area contributed by atoms with Gasteiger partial charge in [-0.25, -0.2) is 9.13 Å². The molecule has 1 aromatic rings. The van der Waals surface area contributed by atoms with Crippen LogP contribution in [0.1, 0.15) is 232 Å². The van der Waals surface area contributed by atoms with Gasteiger partial charge in [-0.1, -0.05) is 187 Å². The first kappa shape index (κ1) is 39.2. The number of nitrogens with zero attached hydrogens (tertiary/aromatic N) is 2. The second-order valence-electron chi connectivity index (χ2n) is 14.1. The van der Waals surface area contributed by atoms with Gasteiger partial charge in [-0.05, 0) is 33.1 Å². The Balaban J connectivity index is 2.02. The van der Waals surface area contributed by atoms with E-state index >= 15 is 0 Å². The van der Waals surface area contributed by atoms with Gasteiger partial charge in [0.15, 0.2) is 0 Å². The number of rotatable bonds is 33. The number of hydrogen-bond acceptors (Lipinski definition) is 0. The van der Waals surface area contributed by atoms with Crippen LogP contribution in [0.3, 0.4) is 0 Å². The van der Waals surface area contributed by atoms with Crippen LogP contribution in [0.15, 0.2) is 12.4 Å². The van der Waals surface area contributed by atoms with Crippen LogP contribution in [0.5, 0.6) is 0 Å². The van der Waals surface area contributed by atoms with E-state index in [0.717, 1.165) is 0 Å². The topological polar surface area (TPSA) is 8.81 Å². The summed E-state index contributed by atoms with van der Waals surface area (Å²) in [5, 5.41) is 0. The van der Waals surface area contributed by atoms with Crippen molar-refractivity contribution in [2.75, 3.05) is 0 Å². The van der Waals surface area contributed by atoms with Gasteiger partial charge in [0.1, 0.15) is 12.4 Å². The Morgan fingerprint density at radius 3 is 1.10 bits per heavy atom. The molecule has 2 heteroatoms. The Morgan fingerprint density at radius 2 is 0.762 bits per heavy atom. The summed E-state index contributed by atoms with van der Waals surface area (Å²) >= 11 is 0. The van der Waals surface area contributed by atoms with Gasteiger partial charge < -0.3 is 0 Å². The van der Waals surface area contributed by atoms with Gasteiger partial charge in [0.2, 0.25) is 0 Å². The Hall–Kier alpha value is -0.790. The average Bonchev–Trinajstić information content (AvgIpc) is 3.40. The van der Waals surface area contributed by atoms with Crippen molar-refractivity contribution >= 4 is 0 Å². The Kier molecular flexibility index (Phi) is 28.3. The summed E-state index contributed by atoms with van der Waals surface area (Å²) < 4.78 is 5.13. The standard InChI is InChI=1S/C40H79N2/c1-5-7-9-11-13-15-17-19-21-22-23-25-27-29-31-33-35-40-41(37-38-42(40)39(3)4)36-34-32-30-28-26-24-20-18-16-14-12-10-8-6-2/h37-39H,5-36H2,1-4H3/q+1. The molecule has 0 saturated heterocycles. The summed E-state index contributed by atoms with van der Waals surface area (Å²) in [6.07, 6.45) is 49.2. The molecule has 0 N–H and O–H groups in total. The molecule has 0 radical (unpaired) electrons. The predicted molar refractivity (Wildman–Crippen MR) is 189 cm³/mol. The van der Waals surface area contributed by atoms with Crippen molar-refractivity contribution in [2.24, 2.45) is 0 Å². The van der Waals surface area contributed by atoms with E-state index in [0.29, 0.717) is 6.04 Å². The van der Waals surface area contributed by atoms with Crippen molar-refractivity contribution in [3.63, 3.8) is 0 Å². The highest BCUT2D eigenvalue weighted by Crippen LogP contribution is 2.16. The predicted octanol–water partition coefficient (Wildman–Crippen LogP) is 13.6. The monoisotopic (exact) mass is 588 g/mol. The molecule has 0 bridgehead atoms. The second-order valence-corrected chi connectivity index (χ2v) is 14.1. The Bertz CT molecular complexity index is 661. The number of hydrogen-bond donors (Lipinski definition) is 0. The van der Waals surface area contributed by atoms with Crippen LogP contribution in [0.4, 0.5) is 0 Å². The van der Waals surface area contributed by atoms with Gasteiger partial charge in [-0.3, -0.25) is 0 Å². The lowest BCUT2D eigenvalue weighted by atomic mass is 10.0. The normalized spacial score (nSPS) is 11.7. The fourth-order valence-electron chi connectivity index (χ4n) is 6.73. The molecule has 0 fully saturated rings. The highest BCUT2D eigenvalue weighted by molar-refractivity contribution is 4.86. The molecule has 0 aliphatic rings. The first-order chi connectivity index (χ1) is 20.7. The van der Waals surface area contributed by atoms with Crippen LogP contribution >= 0.6 is 0 Å². The van der Waals surface area contributed by atoms with Crippen molar-refractivity contribution < 1.29 is 4.57 Å². The summed E-state index contributed by atoms with van der Waals surface area (Å²) in [7, 11) is 0. The Labute approximate surface area is 266 Å². The number of aryl methyl sites for hydroxylation is 1. The molecule has 1 rings (SSSR count). The number of imidazole rings is 1. The lowest BCUT2D eigenvalue weighted by Gasteiger charge is -2.08. The fourth-order valence-corrected chi connectivity index (χ4v) is 6.73. The maximum absolute atomic E-state index is 2.59. The van der Waals surface area contributed by atoms with Crippen molar-refractivity contribution in [1.82, 2.24) is 4.57 Å². The maximum Gasteiger partial charge on any atom is 0.256 e. The molecule has 0 saturated carbocycles. The minimum Gasteiger partial charge on any atom is -0.234 e.